The van der Waals surface area contributed by atoms with Crippen molar-refractivity contribution in [2.24, 2.45) is 10.7 Å². The van der Waals surface area contributed by atoms with Gasteiger partial charge in [0.15, 0.2) is 5.96 Å². The number of aliphatic imine (C=N–C) groups is 1. The third-order valence-electron chi connectivity index (χ3n) is 3.57. The number of aromatic amines is 1. The zero-order valence-electron chi connectivity index (χ0n) is 12.8. The Labute approximate surface area is 137 Å². The lowest BCUT2D eigenvalue weighted by Gasteiger charge is -2.05. The number of hydrogen-bond acceptors (Lipinski definition) is 4. The molecule has 3 rings (SSSR count). The highest BCUT2D eigenvalue weighted by atomic mass is 16.6. The van der Waals surface area contributed by atoms with Gasteiger partial charge in [-0.15, -0.1) is 0 Å². The van der Waals surface area contributed by atoms with Crippen molar-refractivity contribution in [2.75, 3.05) is 11.9 Å². The average molecular weight is 324 g/mol. The van der Waals surface area contributed by atoms with Crippen molar-refractivity contribution in [3.8, 4) is 0 Å². The van der Waals surface area contributed by atoms with Crippen molar-refractivity contribution in [1.29, 1.82) is 0 Å². The third-order valence-corrected chi connectivity index (χ3v) is 3.57. The van der Waals surface area contributed by atoms with E-state index in [1.807, 2.05) is 30.5 Å². The van der Waals surface area contributed by atoms with Gasteiger partial charge < -0.3 is 16.0 Å². The highest BCUT2D eigenvalue weighted by Gasteiger charge is 2.14. The van der Waals surface area contributed by atoms with E-state index in [1.54, 1.807) is 0 Å². The Morgan fingerprint density at radius 2 is 2.17 bits per heavy atom. The molecule has 0 aliphatic heterocycles. The molecule has 2 aromatic heterocycles. The van der Waals surface area contributed by atoms with E-state index < -0.39 is 4.92 Å². The van der Waals surface area contributed by atoms with Crippen LogP contribution in [0.25, 0.3) is 10.9 Å². The lowest BCUT2D eigenvalue weighted by molar-refractivity contribution is -0.384. The molecule has 0 unspecified atom stereocenters. The van der Waals surface area contributed by atoms with Gasteiger partial charge in [0, 0.05) is 35.9 Å². The minimum atomic E-state index is -0.519. The molecule has 3 aromatic rings. The van der Waals surface area contributed by atoms with Crippen molar-refractivity contribution in [3.05, 3.63) is 64.5 Å². The molecule has 0 aliphatic carbocycles. The SMILES string of the molecule is NC(=NCCc1c[nH]c2ccccc12)Nc1ncccc1[N+](=O)[O-]. The maximum absolute atomic E-state index is 10.9. The van der Waals surface area contributed by atoms with Gasteiger partial charge in [0.2, 0.25) is 5.82 Å². The Morgan fingerprint density at radius 3 is 3.00 bits per heavy atom. The van der Waals surface area contributed by atoms with Gasteiger partial charge in [0.05, 0.1) is 4.92 Å². The Hall–Kier alpha value is -3.42. The number of benzene rings is 1. The molecule has 0 spiro atoms. The number of pyridine rings is 1. The quantitative estimate of drug-likeness (QED) is 0.288. The van der Waals surface area contributed by atoms with Crippen LogP contribution in [-0.4, -0.2) is 27.4 Å². The first-order chi connectivity index (χ1) is 11.6. The number of nitrogens with one attached hydrogen (secondary N) is 2. The second kappa shape index (κ2) is 6.78. The lowest BCUT2D eigenvalue weighted by Crippen LogP contribution is -2.24. The van der Waals surface area contributed by atoms with Crippen molar-refractivity contribution in [2.45, 2.75) is 6.42 Å². The molecule has 0 bridgehead atoms. The summed E-state index contributed by atoms with van der Waals surface area (Å²) in [6.45, 7) is 0.460. The zero-order valence-corrected chi connectivity index (χ0v) is 12.8. The molecular weight excluding hydrogens is 308 g/mol. The first-order valence-electron chi connectivity index (χ1n) is 7.36. The maximum atomic E-state index is 10.9. The van der Waals surface area contributed by atoms with Gasteiger partial charge in [-0.25, -0.2) is 4.98 Å². The van der Waals surface area contributed by atoms with Gasteiger partial charge in [-0.1, -0.05) is 18.2 Å². The fraction of sp³-hybridized carbons (Fsp3) is 0.125. The van der Waals surface area contributed by atoms with Crippen LogP contribution in [0.1, 0.15) is 5.56 Å². The largest absolute Gasteiger partial charge is 0.370 e. The number of hydrogen-bond donors (Lipinski definition) is 3. The van der Waals surface area contributed by atoms with Crippen LogP contribution in [0.5, 0.6) is 0 Å². The molecule has 0 atom stereocenters. The topological polar surface area (TPSA) is 122 Å². The third kappa shape index (κ3) is 3.32. The fourth-order valence-corrected chi connectivity index (χ4v) is 2.44. The smallest absolute Gasteiger partial charge is 0.311 e. The molecule has 0 aliphatic rings. The molecular formula is C16H16N6O2. The second-order valence-corrected chi connectivity index (χ2v) is 5.13. The summed E-state index contributed by atoms with van der Waals surface area (Å²) in [7, 11) is 0. The van der Waals surface area contributed by atoms with Crippen molar-refractivity contribution in [3.63, 3.8) is 0 Å². The zero-order chi connectivity index (χ0) is 16.9. The summed E-state index contributed by atoms with van der Waals surface area (Å²) in [5, 5.41) is 14.8. The summed E-state index contributed by atoms with van der Waals surface area (Å²) in [5.74, 6) is 0.174. The number of aromatic nitrogens is 2. The molecule has 0 saturated carbocycles. The van der Waals surface area contributed by atoms with E-state index in [1.165, 1.54) is 18.3 Å². The van der Waals surface area contributed by atoms with Crippen LogP contribution in [0.4, 0.5) is 11.5 Å². The number of nitro groups is 1. The number of rotatable bonds is 5. The molecule has 0 radical (unpaired) electrons. The summed E-state index contributed by atoms with van der Waals surface area (Å²) in [6.07, 6.45) is 4.11. The van der Waals surface area contributed by atoms with E-state index in [2.05, 4.69) is 20.3 Å². The highest BCUT2D eigenvalue weighted by Crippen LogP contribution is 2.20. The summed E-state index contributed by atoms with van der Waals surface area (Å²) in [4.78, 5) is 21.8. The van der Waals surface area contributed by atoms with Crippen molar-refractivity contribution in [1.82, 2.24) is 9.97 Å². The van der Waals surface area contributed by atoms with Crippen molar-refractivity contribution < 1.29 is 4.92 Å². The predicted molar refractivity (Wildman–Crippen MR) is 93.0 cm³/mol. The van der Waals surface area contributed by atoms with Gasteiger partial charge in [-0.2, -0.15) is 0 Å². The molecule has 1 aromatic carbocycles. The van der Waals surface area contributed by atoms with Gasteiger partial charge in [-0.3, -0.25) is 15.1 Å². The molecule has 2 heterocycles. The van der Waals surface area contributed by atoms with Gasteiger partial charge in [0.1, 0.15) is 0 Å². The first kappa shape index (κ1) is 15.5. The molecule has 0 fully saturated rings. The Morgan fingerprint density at radius 1 is 1.33 bits per heavy atom. The van der Waals surface area contributed by atoms with Gasteiger partial charge >= 0.3 is 5.69 Å². The molecule has 8 nitrogen and oxygen atoms in total. The summed E-state index contributed by atoms with van der Waals surface area (Å²) >= 11 is 0. The molecule has 0 saturated heterocycles. The van der Waals surface area contributed by atoms with E-state index >= 15 is 0 Å². The Kier molecular flexibility index (Phi) is 4.37. The summed E-state index contributed by atoms with van der Waals surface area (Å²) < 4.78 is 0. The van der Waals surface area contributed by atoms with E-state index in [4.69, 9.17) is 5.73 Å². The van der Waals surface area contributed by atoms with E-state index in [-0.39, 0.29) is 17.5 Å². The molecule has 4 N–H and O–H groups in total. The van der Waals surface area contributed by atoms with Crippen LogP contribution >= 0.6 is 0 Å². The van der Waals surface area contributed by atoms with Crippen LogP contribution in [0.2, 0.25) is 0 Å². The minimum Gasteiger partial charge on any atom is -0.370 e. The average Bonchev–Trinajstić information content (AvgIpc) is 2.98. The number of guanidine groups is 1. The molecule has 122 valence electrons. The Bertz CT molecular complexity index is 902. The number of anilines is 1. The van der Waals surface area contributed by atoms with Gasteiger partial charge in [-0.05, 0) is 24.1 Å². The van der Waals surface area contributed by atoms with Crippen LogP contribution in [0, 0.1) is 10.1 Å². The molecule has 24 heavy (non-hydrogen) atoms. The Balaban J connectivity index is 1.66. The van der Waals surface area contributed by atoms with Crippen LogP contribution in [0.15, 0.2) is 53.8 Å². The van der Waals surface area contributed by atoms with E-state index in [9.17, 15) is 10.1 Å². The van der Waals surface area contributed by atoms with Gasteiger partial charge in [0.25, 0.3) is 0 Å². The molecule has 8 heteroatoms. The number of fused-ring (bicyclic) bond motifs is 1. The standard InChI is InChI=1S/C16H16N6O2/c17-16(21-15-14(22(23)24)6-3-8-18-15)19-9-7-11-10-20-13-5-2-1-4-12(11)13/h1-6,8,10,20H,7,9H2,(H3,17,18,19,21). The fourth-order valence-electron chi connectivity index (χ4n) is 2.44. The predicted octanol–water partition coefficient (Wildman–Crippen LogP) is 2.44. The van der Waals surface area contributed by atoms with Crippen LogP contribution < -0.4 is 11.1 Å². The monoisotopic (exact) mass is 324 g/mol. The number of H-pyrrole nitrogens is 1. The highest BCUT2D eigenvalue weighted by molar-refractivity contribution is 5.93. The van der Waals surface area contributed by atoms with Crippen molar-refractivity contribution >= 4 is 28.4 Å². The van der Waals surface area contributed by atoms with E-state index in [0.717, 1.165) is 16.5 Å². The normalized spacial score (nSPS) is 11.6. The van der Waals surface area contributed by atoms with E-state index in [0.29, 0.717) is 13.0 Å². The van der Waals surface area contributed by atoms with Crippen LogP contribution in [0.3, 0.4) is 0 Å². The van der Waals surface area contributed by atoms with Crippen LogP contribution in [-0.2, 0) is 6.42 Å². The molecule has 0 amide bonds. The number of para-hydroxylation sites is 1. The summed E-state index contributed by atoms with van der Waals surface area (Å²) in [5.41, 5.74) is 7.87. The number of nitrogens with zero attached hydrogens (tertiary/aromatic N) is 3. The lowest BCUT2D eigenvalue weighted by atomic mass is 10.1. The number of nitrogens with two attached hydrogens (primary N) is 1. The first-order valence-corrected chi connectivity index (χ1v) is 7.36. The summed E-state index contributed by atoms with van der Waals surface area (Å²) in [6, 6.07) is 10.9. The maximum Gasteiger partial charge on any atom is 0.311 e. The minimum absolute atomic E-state index is 0.0795. The second-order valence-electron chi connectivity index (χ2n) is 5.13.